The molecule has 0 aliphatic heterocycles. The van der Waals surface area contributed by atoms with E-state index >= 15 is 0 Å². The van der Waals surface area contributed by atoms with E-state index in [-0.39, 0.29) is 49.6 Å². The first kappa shape index (κ1) is 39.4. The van der Waals surface area contributed by atoms with E-state index in [1.54, 1.807) is 0 Å². The molecule has 0 aromatic carbocycles. The molecule has 4 rings (SSSR count). The number of hydrogen-bond acceptors (Lipinski definition) is 4. The van der Waals surface area contributed by atoms with Crippen molar-refractivity contribution < 1.29 is 68.7 Å². The minimum atomic E-state index is 0. The SMILES string of the molecule is CCCc1nc(N)c(C[n+]2ccccc2C)c[nH+]1.CCCc1nc(N)c(C[n+]2ccccc2C)c[nH+]1.[Cl-].[Cl-].[Cl-].[Cl-]. The van der Waals surface area contributed by atoms with Crippen LogP contribution in [0.5, 0.6) is 0 Å². The van der Waals surface area contributed by atoms with Gasteiger partial charge in [-0.2, -0.15) is 9.13 Å². The minimum Gasteiger partial charge on any atom is -1.00 e. The van der Waals surface area contributed by atoms with Gasteiger partial charge in [0.15, 0.2) is 36.9 Å². The van der Waals surface area contributed by atoms with Gasteiger partial charge in [0, 0.05) is 38.1 Å². The van der Waals surface area contributed by atoms with Gasteiger partial charge in [0.2, 0.25) is 0 Å². The smallest absolute Gasteiger partial charge is 0.298 e. The second-order valence-electron chi connectivity index (χ2n) is 8.96. The van der Waals surface area contributed by atoms with Crippen molar-refractivity contribution >= 4 is 11.6 Å². The third kappa shape index (κ3) is 11.8. The number of anilines is 2. The summed E-state index contributed by atoms with van der Waals surface area (Å²) in [6.07, 6.45) is 12.0. The zero-order chi connectivity index (χ0) is 25.9. The molecular weight excluding hydrogens is 590 g/mol. The molecule has 0 amide bonds. The van der Waals surface area contributed by atoms with E-state index in [1.807, 2.05) is 36.7 Å². The second-order valence-corrected chi connectivity index (χ2v) is 8.96. The maximum atomic E-state index is 6.01. The number of aromatic nitrogens is 6. The Hall–Kier alpha value is -2.78. The number of nitrogens with two attached hydrogens (primary N) is 2. The summed E-state index contributed by atoms with van der Waals surface area (Å²) in [6.45, 7) is 9.91. The van der Waals surface area contributed by atoms with Crippen LogP contribution in [-0.2, 0) is 25.9 Å². The fourth-order valence-electron chi connectivity index (χ4n) is 3.82. The molecule has 0 radical (unpaired) electrons. The molecule has 4 aromatic heterocycles. The zero-order valence-corrected chi connectivity index (χ0v) is 26.5. The first-order chi connectivity index (χ1) is 17.4. The normalized spacial score (nSPS) is 9.50. The first-order valence-electron chi connectivity index (χ1n) is 12.6. The summed E-state index contributed by atoms with van der Waals surface area (Å²) < 4.78 is 4.31. The van der Waals surface area contributed by atoms with E-state index in [1.165, 1.54) is 11.4 Å². The van der Waals surface area contributed by atoms with Crippen molar-refractivity contribution in [2.75, 3.05) is 11.5 Å². The van der Waals surface area contributed by atoms with Crippen LogP contribution < -0.4 is 80.2 Å². The fourth-order valence-corrected chi connectivity index (χ4v) is 3.82. The molecular formula is C28H40Cl4N8. The summed E-state index contributed by atoms with van der Waals surface area (Å²) in [6, 6.07) is 12.3. The Morgan fingerprint density at radius 1 is 0.650 bits per heavy atom. The Balaban J connectivity index is 0. The molecule has 0 fully saturated rings. The fraction of sp³-hybridized carbons (Fsp3) is 0.357. The summed E-state index contributed by atoms with van der Waals surface area (Å²) in [5.74, 6) is 3.14. The van der Waals surface area contributed by atoms with Gasteiger partial charge in [-0.25, -0.2) is 9.97 Å². The Morgan fingerprint density at radius 3 is 1.32 bits per heavy atom. The number of nitrogens with one attached hydrogen (secondary N) is 2. The number of nitrogen functional groups attached to an aromatic ring is 2. The Kier molecular flexibility index (Phi) is 19.8. The molecule has 0 atom stereocenters. The van der Waals surface area contributed by atoms with Crippen molar-refractivity contribution in [1.82, 2.24) is 9.97 Å². The number of pyridine rings is 2. The van der Waals surface area contributed by atoms with Gasteiger partial charge in [0.05, 0.1) is 12.8 Å². The third-order valence-electron chi connectivity index (χ3n) is 5.99. The van der Waals surface area contributed by atoms with Gasteiger partial charge in [0.25, 0.3) is 23.3 Å². The van der Waals surface area contributed by atoms with Crippen LogP contribution in [0, 0.1) is 13.8 Å². The Labute approximate surface area is 262 Å². The molecule has 0 saturated carbocycles. The van der Waals surface area contributed by atoms with Gasteiger partial charge >= 0.3 is 0 Å². The van der Waals surface area contributed by atoms with Gasteiger partial charge in [-0.15, -0.1) is 0 Å². The molecule has 0 spiro atoms. The molecule has 40 heavy (non-hydrogen) atoms. The van der Waals surface area contributed by atoms with Crippen LogP contribution in [0.25, 0.3) is 0 Å². The van der Waals surface area contributed by atoms with E-state index in [2.05, 4.69) is 81.3 Å². The third-order valence-corrected chi connectivity index (χ3v) is 5.99. The van der Waals surface area contributed by atoms with Crippen LogP contribution in [0.1, 0.15) is 60.9 Å². The molecule has 0 saturated heterocycles. The second kappa shape index (κ2) is 20.2. The van der Waals surface area contributed by atoms with Crippen LogP contribution in [0.4, 0.5) is 11.6 Å². The highest BCUT2D eigenvalue weighted by molar-refractivity contribution is 5.36. The Bertz CT molecular complexity index is 1190. The predicted molar refractivity (Wildman–Crippen MR) is 139 cm³/mol. The number of H-pyrrole nitrogens is 2. The number of aryl methyl sites for hydroxylation is 4. The van der Waals surface area contributed by atoms with Crippen molar-refractivity contribution in [3.8, 4) is 0 Å². The molecule has 4 heterocycles. The molecule has 4 aromatic rings. The van der Waals surface area contributed by atoms with Gasteiger partial charge in [-0.1, -0.05) is 26.0 Å². The molecule has 0 unspecified atom stereocenters. The zero-order valence-electron chi connectivity index (χ0n) is 23.5. The maximum Gasteiger partial charge on any atom is 0.298 e. The molecule has 0 aliphatic carbocycles. The quantitative estimate of drug-likeness (QED) is 0.189. The number of hydrogen-bond donors (Lipinski definition) is 2. The molecule has 12 heteroatoms. The van der Waals surface area contributed by atoms with Crippen LogP contribution in [0.15, 0.2) is 61.2 Å². The lowest BCUT2D eigenvalue weighted by molar-refractivity contribution is -0.694. The lowest BCUT2D eigenvalue weighted by atomic mass is 10.2. The van der Waals surface area contributed by atoms with E-state index in [0.717, 1.165) is 61.5 Å². The summed E-state index contributed by atoms with van der Waals surface area (Å²) in [5, 5.41) is 0. The standard InChI is InChI=1S/2C14H19N4.4ClH/c2*1-3-6-13-16-9-12(14(15)17-13)10-18-8-5-4-7-11(18)2;;;;/h2*4-5,7-9H,3,6,10H2,1-2H3,(H2,15,16,17);4*1H/q2*+1;;;;/p-2. The molecule has 6 N–H and O–H groups in total. The minimum absolute atomic E-state index is 0. The molecule has 0 bridgehead atoms. The maximum absolute atomic E-state index is 6.01. The summed E-state index contributed by atoms with van der Waals surface area (Å²) in [5.41, 5.74) is 16.5. The first-order valence-corrected chi connectivity index (χ1v) is 12.6. The Morgan fingerprint density at radius 2 is 1.02 bits per heavy atom. The van der Waals surface area contributed by atoms with Crippen molar-refractivity contribution in [3.63, 3.8) is 0 Å². The number of nitrogens with zero attached hydrogens (tertiary/aromatic N) is 4. The van der Waals surface area contributed by atoms with Crippen molar-refractivity contribution in [2.45, 2.75) is 66.5 Å². The highest BCUT2D eigenvalue weighted by atomic mass is 35.5. The van der Waals surface area contributed by atoms with Gasteiger partial charge in [-0.3, -0.25) is 0 Å². The van der Waals surface area contributed by atoms with Gasteiger partial charge in [-0.05, 0) is 22.8 Å². The van der Waals surface area contributed by atoms with E-state index in [0.29, 0.717) is 11.6 Å². The molecule has 0 aliphatic rings. The van der Waals surface area contributed by atoms with E-state index in [4.69, 9.17) is 11.5 Å². The monoisotopic (exact) mass is 628 g/mol. The van der Waals surface area contributed by atoms with Crippen LogP contribution >= 0.6 is 0 Å². The number of rotatable bonds is 8. The summed E-state index contributed by atoms with van der Waals surface area (Å²) in [4.78, 5) is 15.2. The largest absolute Gasteiger partial charge is 1.00 e. The van der Waals surface area contributed by atoms with Crippen molar-refractivity contribution in [3.05, 3.63) is 95.3 Å². The predicted octanol–water partition coefficient (Wildman–Crippen LogP) is -9.83. The summed E-state index contributed by atoms with van der Waals surface area (Å²) in [7, 11) is 0. The molecule has 220 valence electrons. The topological polar surface area (TPSA) is 114 Å². The number of halogens is 4. The number of aromatic amines is 2. The highest BCUT2D eigenvalue weighted by Gasteiger charge is 2.17. The summed E-state index contributed by atoms with van der Waals surface area (Å²) >= 11 is 0. The van der Waals surface area contributed by atoms with Gasteiger partial charge in [0.1, 0.15) is 23.5 Å². The van der Waals surface area contributed by atoms with E-state index < -0.39 is 0 Å². The average molecular weight is 630 g/mol. The van der Waals surface area contributed by atoms with Crippen LogP contribution in [0.3, 0.4) is 0 Å². The molecule has 8 nitrogen and oxygen atoms in total. The highest BCUT2D eigenvalue weighted by Crippen LogP contribution is 2.07. The van der Waals surface area contributed by atoms with Crippen LogP contribution in [-0.4, -0.2) is 9.97 Å². The van der Waals surface area contributed by atoms with Gasteiger partial charge < -0.3 is 61.1 Å². The van der Waals surface area contributed by atoms with Crippen molar-refractivity contribution in [1.29, 1.82) is 0 Å². The van der Waals surface area contributed by atoms with E-state index in [9.17, 15) is 0 Å². The van der Waals surface area contributed by atoms with Crippen molar-refractivity contribution in [2.24, 2.45) is 0 Å². The average Bonchev–Trinajstić information content (AvgIpc) is 2.86. The lowest BCUT2D eigenvalue weighted by Gasteiger charge is -2.00. The lowest BCUT2D eigenvalue weighted by Crippen LogP contribution is -3.00. The van der Waals surface area contributed by atoms with Crippen LogP contribution in [0.2, 0.25) is 0 Å².